The summed E-state index contributed by atoms with van der Waals surface area (Å²) in [5.74, 6) is -2.34. The molecule has 0 saturated carbocycles. The number of rotatable bonds is 15. The first-order valence-corrected chi connectivity index (χ1v) is 16.8. The molecule has 252 valence electrons. The molecule has 1 aliphatic rings. The third kappa shape index (κ3) is 12.1. The van der Waals surface area contributed by atoms with E-state index in [1.165, 1.54) is 11.0 Å². The molecule has 12 heteroatoms. The molecule has 4 atom stereocenters. The minimum absolute atomic E-state index is 0.0335. The Labute approximate surface area is 269 Å². The number of urea groups is 1. The van der Waals surface area contributed by atoms with E-state index in [0.29, 0.717) is 25.9 Å². The van der Waals surface area contributed by atoms with Crippen LogP contribution in [0.2, 0.25) is 0 Å². The van der Waals surface area contributed by atoms with Crippen molar-refractivity contribution in [2.75, 3.05) is 25.9 Å². The van der Waals surface area contributed by atoms with Gasteiger partial charge in [0.2, 0.25) is 17.6 Å². The summed E-state index contributed by atoms with van der Waals surface area (Å²) >= 11 is 1.62. The van der Waals surface area contributed by atoms with Gasteiger partial charge in [0.15, 0.2) is 0 Å². The van der Waals surface area contributed by atoms with Crippen LogP contribution in [0.1, 0.15) is 88.5 Å². The maximum Gasteiger partial charge on any atom is 0.315 e. The van der Waals surface area contributed by atoms with Crippen molar-refractivity contribution in [1.29, 1.82) is 0 Å². The van der Waals surface area contributed by atoms with Crippen LogP contribution in [0.25, 0.3) is 0 Å². The minimum Gasteiger partial charge on any atom is -0.346 e. The van der Waals surface area contributed by atoms with Gasteiger partial charge in [-0.25, -0.2) is 9.10 Å². The molecule has 0 radical (unpaired) electrons. The maximum atomic E-state index is 14.0. The first kappa shape index (κ1) is 39.4. The number of nitrogens with one attached hydrogen (secondary N) is 4. The molecule has 1 fully saturated rings. The molecule has 0 aromatic carbocycles. The van der Waals surface area contributed by atoms with E-state index in [9.17, 15) is 24.0 Å². The number of hydrogen-bond donors (Lipinski definition) is 4. The number of likely N-dealkylation sites (tertiary alicyclic amines) is 1. The summed E-state index contributed by atoms with van der Waals surface area (Å²) in [6, 6.07) is -3.11. The van der Waals surface area contributed by atoms with Gasteiger partial charge in [0, 0.05) is 31.7 Å². The molecular formula is C32H58N6O5S. The fraction of sp³-hybridized carbons (Fsp3) is 0.781. The van der Waals surface area contributed by atoms with Crippen LogP contribution in [0.4, 0.5) is 4.79 Å². The molecule has 11 nitrogen and oxygen atoms in total. The Kier molecular flexibility index (Phi) is 15.4. The quantitative estimate of drug-likeness (QED) is 0.122. The Balaban J connectivity index is 3.15. The van der Waals surface area contributed by atoms with E-state index in [0.717, 1.165) is 0 Å². The van der Waals surface area contributed by atoms with Crippen LogP contribution in [0.15, 0.2) is 12.7 Å². The average Bonchev–Trinajstić information content (AvgIpc) is 3.40. The lowest BCUT2D eigenvalue weighted by molar-refractivity contribution is -0.143. The summed E-state index contributed by atoms with van der Waals surface area (Å²) in [6.45, 7) is 24.5. The maximum absolute atomic E-state index is 14.0. The van der Waals surface area contributed by atoms with Gasteiger partial charge in [-0.2, -0.15) is 0 Å². The Morgan fingerprint density at radius 2 is 1.59 bits per heavy atom. The summed E-state index contributed by atoms with van der Waals surface area (Å²) in [5.41, 5.74) is -0.899. The lowest BCUT2D eigenvalue weighted by Crippen LogP contribution is -2.61. The molecule has 0 aliphatic carbocycles. The van der Waals surface area contributed by atoms with Crippen LogP contribution in [0, 0.1) is 16.7 Å². The minimum atomic E-state index is -1.02. The second-order valence-electron chi connectivity index (χ2n) is 14.5. The van der Waals surface area contributed by atoms with Crippen molar-refractivity contribution in [2.45, 2.75) is 119 Å². The molecule has 1 heterocycles. The van der Waals surface area contributed by atoms with Gasteiger partial charge in [0.1, 0.15) is 12.1 Å². The molecule has 1 saturated heterocycles. The number of hydrogen-bond acceptors (Lipinski definition) is 7. The van der Waals surface area contributed by atoms with Crippen molar-refractivity contribution >= 4 is 41.5 Å². The third-order valence-corrected chi connectivity index (χ3v) is 8.76. The summed E-state index contributed by atoms with van der Waals surface area (Å²) in [6.07, 6.45) is 4.77. The van der Waals surface area contributed by atoms with Crippen molar-refractivity contribution in [2.24, 2.45) is 16.7 Å². The molecule has 4 N–H and O–H groups in total. The average molecular weight is 639 g/mol. The number of nitrogens with zero attached hydrogens (tertiary/aromatic N) is 2. The van der Waals surface area contributed by atoms with Gasteiger partial charge in [-0.1, -0.05) is 73.4 Å². The van der Waals surface area contributed by atoms with Gasteiger partial charge < -0.3 is 26.2 Å². The molecule has 0 aromatic rings. The van der Waals surface area contributed by atoms with Crippen LogP contribution in [-0.4, -0.2) is 94.8 Å². The zero-order valence-electron chi connectivity index (χ0n) is 28.8. The molecule has 0 spiro atoms. The number of amides is 5. The monoisotopic (exact) mass is 638 g/mol. The largest absolute Gasteiger partial charge is 0.346 e. The van der Waals surface area contributed by atoms with Crippen LogP contribution in [-0.2, 0) is 19.2 Å². The van der Waals surface area contributed by atoms with Crippen LogP contribution >= 0.6 is 11.9 Å². The highest BCUT2D eigenvalue weighted by atomic mass is 32.2. The molecule has 0 aromatic heterocycles. The highest BCUT2D eigenvalue weighted by Crippen LogP contribution is 2.27. The standard InChI is InChI=1S/C32H58N6O5S/c1-13-16-33-28(41)25(39)22(18-20(2)3)34-27(40)23-15-14-17-37(23)29(42)26(32(9,10)11)36-30(43)35-24(31(6,7)8)19-38(44-12)21(4)5/h13,20-24,26H,1,14-19H2,2-12H3,(H,33,41)(H,34,40)(H2,35,36,43). The van der Waals surface area contributed by atoms with E-state index in [2.05, 4.69) is 66.8 Å². The first-order valence-electron chi connectivity index (χ1n) is 15.7. The smallest absolute Gasteiger partial charge is 0.315 e. The Morgan fingerprint density at radius 3 is 2.07 bits per heavy atom. The van der Waals surface area contributed by atoms with Crippen LogP contribution in [0.5, 0.6) is 0 Å². The predicted molar refractivity (Wildman–Crippen MR) is 178 cm³/mol. The van der Waals surface area contributed by atoms with Crippen molar-refractivity contribution < 1.29 is 24.0 Å². The van der Waals surface area contributed by atoms with Gasteiger partial charge in [0.05, 0.1) is 6.04 Å². The summed E-state index contributed by atoms with van der Waals surface area (Å²) < 4.78 is 2.20. The molecule has 1 rings (SSSR count). The van der Waals surface area contributed by atoms with Gasteiger partial charge in [-0.05, 0) is 56.1 Å². The fourth-order valence-corrected chi connectivity index (χ4v) is 5.76. The lowest BCUT2D eigenvalue weighted by Gasteiger charge is -2.38. The van der Waals surface area contributed by atoms with E-state index in [4.69, 9.17) is 0 Å². The van der Waals surface area contributed by atoms with Crippen molar-refractivity contribution in [3.05, 3.63) is 12.7 Å². The summed E-state index contributed by atoms with van der Waals surface area (Å²) in [4.78, 5) is 67.7. The zero-order chi connectivity index (χ0) is 34.0. The molecule has 0 bridgehead atoms. The Hall–Kier alpha value is -2.60. The Bertz CT molecular complexity index is 1020. The summed E-state index contributed by atoms with van der Waals surface area (Å²) in [5, 5.41) is 11.3. The topological polar surface area (TPSA) is 140 Å². The molecule has 44 heavy (non-hydrogen) atoms. The van der Waals surface area contributed by atoms with Crippen molar-refractivity contribution in [3.8, 4) is 0 Å². The van der Waals surface area contributed by atoms with E-state index in [1.807, 2.05) is 40.9 Å². The van der Waals surface area contributed by atoms with Gasteiger partial charge in [-0.3, -0.25) is 19.2 Å². The van der Waals surface area contributed by atoms with Gasteiger partial charge in [0.25, 0.3) is 5.91 Å². The van der Waals surface area contributed by atoms with E-state index in [-0.39, 0.29) is 42.3 Å². The highest BCUT2D eigenvalue weighted by Gasteiger charge is 2.43. The van der Waals surface area contributed by atoms with Crippen molar-refractivity contribution in [3.63, 3.8) is 0 Å². The lowest BCUT2D eigenvalue weighted by atomic mass is 9.85. The molecule has 5 amide bonds. The highest BCUT2D eigenvalue weighted by molar-refractivity contribution is 7.96. The van der Waals surface area contributed by atoms with Crippen LogP contribution < -0.4 is 21.3 Å². The van der Waals surface area contributed by atoms with E-state index < -0.39 is 47.2 Å². The molecule has 4 unspecified atom stereocenters. The second kappa shape index (κ2) is 17.2. The fourth-order valence-electron chi connectivity index (χ4n) is 5.04. The zero-order valence-corrected chi connectivity index (χ0v) is 29.7. The molecular weight excluding hydrogens is 580 g/mol. The number of carbonyl (C=O) groups is 5. The number of ketones is 1. The third-order valence-electron chi connectivity index (χ3n) is 7.72. The normalized spacial score (nSPS) is 17.7. The summed E-state index contributed by atoms with van der Waals surface area (Å²) in [7, 11) is 0. The Morgan fingerprint density at radius 1 is 0.977 bits per heavy atom. The first-order chi connectivity index (χ1) is 20.2. The van der Waals surface area contributed by atoms with Gasteiger partial charge >= 0.3 is 6.03 Å². The SMILES string of the molecule is C=CCNC(=O)C(=O)C(CC(C)C)NC(=O)C1CCCN1C(=O)C(NC(=O)NC(CN(SC)C(C)C)C(C)(C)C)C(C)(C)C. The second-order valence-corrected chi connectivity index (χ2v) is 15.3. The van der Waals surface area contributed by atoms with E-state index in [1.54, 1.807) is 11.9 Å². The van der Waals surface area contributed by atoms with E-state index >= 15 is 0 Å². The van der Waals surface area contributed by atoms with Crippen LogP contribution in [0.3, 0.4) is 0 Å². The predicted octanol–water partition coefficient (Wildman–Crippen LogP) is 3.50. The molecule has 1 aliphatic heterocycles. The number of carbonyl (C=O) groups excluding carboxylic acids is 5. The van der Waals surface area contributed by atoms with Gasteiger partial charge in [-0.15, -0.1) is 6.58 Å². The van der Waals surface area contributed by atoms with Crippen molar-refractivity contribution in [1.82, 2.24) is 30.5 Å². The number of Topliss-reactive ketones (excluding diaryl/α,β-unsaturated/α-hetero) is 1.